The Morgan fingerprint density at radius 1 is 0.247 bits per heavy atom. The lowest BCUT2D eigenvalue weighted by Gasteiger charge is -2.18. The molecule has 0 radical (unpaired) electrons. The molecule has 0 rings (SSSR count). The maximum atomic E-state index is 12.9. The van der Waals surface area contributed by atoms with E-state index >= 15 is 0 Å². The van der Waals surface area contributed by atoms with E-state index < -0.39 is 6.10 Å². The van der Waals surface area contributed by atoms with Gasteiger partial charge in [-0.05, 0) is 116 Å². The maximum absolute atomic E-state index is 12.9. The Kier molecular flexibility index (Phi) is 66.6. The smallest absolute Gasteiger partial charge is 0.306 e. The van der Waals surface area contributed by atoms with Crippen LogP contribution in [0.3, 0.4) is 0 Å². The molecular formula is C75H134O6. The standard InChI is InChI=1S/C75H134O6/c1-4-7-10-13-16-19-22-25-28-31-33-34-35-36-37-38-39-40-41-42-43-45-47-50-53-56-59-62-65-68-74(77)80-71-72(70-79-73(76)67-64-61-58-55-52-49-46-30-27-24-21-18-15-12-9-6-3)81-75(78)69-66-63-60-57-54-51-48-44-32-29-26-23-20-17-14-11-8-5-2/h20,22-23,25,29-33,35-36,46,72H,4-19,21,24,26-28,34,37-45,47-71H2,1-3H3/b23-20-,25-22-,32-29-,33-31-,36-35-,46-30-. The van der Waals surface area contributed by atoms with E-state index in [9.17, 15) is 14.4 Å². The van der Waals surface area contributed by atoms with Crippen molar-refractivity contribution in [1.29, 1.82) is 0 Å². The molecule has 0 fully saturated rings. The van der Waals surface area contributed by atoms with Crippen molar-refractivity contribution in [2.45, 2.75) is 374 Å². The van der Waals surface area contributed by atoms with E-state index in [1.54, 1.807) is 0 Å². The van der Waals surface area contributed by atoms with Crippen molar-refractivity contribution in [2.24, 2.45) is 0 Å². The molecule has 0 aromatic carbocycles. The fourth-order valence-corrected chi connectivity index (χ4v) is 10.3. The van der Waals surface area contributed by atoms with E-state index in [1.165, 1.54) is 238 Å². The third-order valence-electron chi connectivity index (χ3n) is 15.7. The second-order valence-corrected chi connectivity index (χ2v) is 23.8. The molecule has 1 atom stereocenters. The van der Waals surface area contributed by atoms with Gasteiger partial charge in [0, 0.05) is 19.3 Å². The summed E-state index contributed by atoms with van der Waals surface area (Å²) in [5.41, 5.74) is 0. The minimum Gasteiger partial charge on any atom is -0.462 e. The first-order valence-electron chi connectivity index (χ1n) is 35.4. The summed E-state index contributed by atoms with van der Waals surface area (Å²) in [6.07, 6.45) is 90.6. The summed E-state index contributed by atoms with van der Waals surface area (Å²) in [5, 5.41) is 0. The molecule has 0 saturated carbocycles. The second kappa shape index (κ2) is 69.3. The van der Waals surface area contributed by atoms with Crippen molar-refractivity contribution >= 4 is 17.9 Å². The van der Waals surface area contributed by atoms with E-state index in [0.29, 0.717) is 19.3 Å². The molecule has 0 N–H and O–H groups in total. The van der Waals surface area contributed by atoms with E-state index in [-0.39, 0.29) is 31.1 Å². The SMILES string of the molecule is CCCCCC/C=C\C/C=C\CCCCCCCCCC(=O)OC(COC(=O)CCCCCCC/C=C\CCCCCCCCC)COC(=O)CCCCCCCCCCCCCCCC/C=C\C/C=C\C/C=C\CCCCCCC. The molecule has 81 heavy (non-hydrogen) atoms. The van der Waals surface area contributed by atoms with Gasteiger partial charge in [-0.15, -0.1) is 0 Å². The molecule has 6 nitrogen and oxygen atoms in total. The monoisotopic (exact) mass is 1130 g/mol. The molecule has 470 valence electrons. The van der Waals surface area contributed by atoms with Crippen LogP contribution in [0.4, 0.5) is 0 Å². The van der Waals surface area contributed by atoms with Gasteiger partial charge in [0.05, 0.1) is 0 Å². The molecule has 1 unspecified atom stereocenters. The average Bonchev–Trinajstić information content (AvgIpc) is 3.47. The number of ether oxygens (including phenoxy) is 3. The number of allylic oxidation sites excluding steroid dienone is 12. The molecule has 6 heteroatoms. The minimum absolute atomic E-state index is 0.0791. The predicted octanol–water partition coefficient (Wildman–Crippen LogP) is 24.4. The first-order valence-corrected chi connectivity index (χ1v) is 35.4. The van der Waals surface area contributed by atoms with Gasteiger partial charge in [-0.2, -0.15) is 0 Å². The molecular weight excluding hydrogens is 997 g/mol. The van der Waals surface area contributed by atoms with Gasteiger partial charge in [0.1, 0.15) is 13.2 Å². The van der Waals surface area contributed by atoms with Crippen LogP contribution in [0.1, 0.15) is 367 Å². The number of carbonyl (C=O) groups excluding carboxylic acids is 3. The van der Waals surface area contributed by atoms with Gasteiger partial charge in [-0.3, -0.25) is 14.4 Å². The third kappa shape index (κ3) is 67.5. The van der Waals surface area contributed by atoms with E-state index in [2.05, 4.69) is 93.7 Å². The van der Waals surface area contributed by atoms with Crippen molar-refractivity contribution in [3.63, 3.8) is 0 Å². The van der Waals surface area contributed by atoms with Crippen LogP contribution in [0, 0.1) is 0 Å². The predicted molar refractivity (Wildman–Crippen MR) is 353 cm³/mol. The lowest BCUT2D eigenvalue weighted by Crippen LogP contribution is -2.30. The quantitative estimate of drug-likeness (QED) is 0.0261. The number of hydrogen-bond acceptors (Lipinski definition) is 6. The number of hydrogen-bond donors (Lipinski definition) is 0. The zero-order chi connectivity index (χ0) is 58.5. The number of unbranched alkanes of at least 4 members (excludes halogenated alkanes) is 42. The highest BCUT2D eigenvalue weighted by Crippen LogP contribution is 2.17. The Morgan fingerprint density at radius 2 is 0.444 bits per heavy atom. The summed E-state index contributed by atoms with van der Waals surface area (Å²) in [5.74, 6) is -0.876. The first kappa shape index (κ1) is 77.9. The van der Waals surface area contributed by atoms with E-state index in [0.717, 1.165) is 89.9 Å². The number of rotatable bonds is 65. The topological polar surface area (TPSA) is 78.9 Å². The lowest BCUT2D eigenvalue weighted by molar-refractivity contribution is -0.167. The van der Waals surface area contributed by atoms with Gasteiger partial charge in [0.15, 0.2) is 6.10 Å². The second-order valence-electron chi connectivity index (χ2n) is 23.8. The summed E-state index contributed by atoms with van der Waals surface area (Å²) < 4.78 is 17.0. The molecule has 0 amide bonds. The molecule has 0 heterocycles. The molecule has 0 aliphatic heterocycles. The van der Waals surface area contributed by atoms with Crippen LogP contribution in [0.2, 0.25) is 0 Å². The van der Waals surface area contributed by atoms with Crippen LogP contribution in [0.5, 0.6) is 0 Å². The highest BCUT2D eigenvalue weighted by atomic mass is 16.6. The summed E-state index contributed by atoms with van der Waals surface area (Å²) in [6, 6.07) is 0. The fourth-order valence-electron chi connectivity index (χ4n) is 10.3. The molecule has 0 bridgehead atoms. The Balaban J connectivity index is 4.28. The summed E-state index contributed by atoms with van der Waals surface area (Å²) >= 11 is 0. The summed E-state index contributed by atoms with van der Waals surface area (Å²) in [4.78, 5) is 38.4. The van der Waals surface area contributed by atoms with Crippen molar-refractivity contribution in [3.8, 4) is 0 Å². The van der Waals surface area contributed by atoms with Crippen molar-refractivity contribution < 1.29 is 28.6 Å². The van der Waals surface area contributed by atoms with Crippen LogP contribution in [0.25, 0.3) is 0 Å². The van der Waals surface area contributed by atoms with E-state index in [4.69, 9.17) is 14.2 Å². The Morgan fingerprint density at radius 3 is 0.716 bits per heavy atom. The van der Waals surface area contributed by atoms with Crippen molar-refractivity contribution in [1.82, 2.24) is 0 Å². The van der Waals surface area contributed by atoms with Gasteiger partial charge in [-0.1, -0.05) is 306 Å². The van der Waals surface area contributed by atoms with Gasteiger partial charge < -0.3 is 14.2 Å². The van der Waals surface area contributed by atoms with Crippen LogP contribution in [-0.4, -0.2) is 37.2 Å². The maximum Gasteiger partial charge on any atom is 0.306 e. The molecule has 0 aromatic rings. The molecule has 0 aliphatic rings. The molecule has 0 spiro atoms. The van der Waals surface area contributed by atoms with E-state index in [1.807, 2.05) is 0 Å². The number of esters is 3. The van der Waals surface area contributed by atoms with Gasteiger partial charge in [0.2, 0.25) is 0 Å². The Bertz CT molecular complexity index is 1490. The van der Waals surface area contributed by atoms with Gasteiger partial charge >= 0.3 is 17.9 Å². The van der Waals surface area contributed by atoms with Gasteiger partial charge in [-0.25, -0.2) is 0 Å². The highest BCUT2D eigenvalue weighted by Gasteiger charge is 2.19. The van der Waals surface area contributed by atoms with Crippen molar-refractivity contribution in [3.05, 3.63) is 72.9 Å². The van der Waals surface area contributed by atoms with Gasteiger partial charge in [0.25, 0.3) is 0 Å². The fraction of sp³-hybridized carbons (Fsp3) is 0.800. The zero-order valence-corrected chi connectivity index (χ0v) is 54.1. The summed E-state index contributed by atoms with van der Waals surface area (Å²) in [6.45, 7) is 6.65. The zero-order valence-electron chi connectivity index (χ0n) is 54.1. The first-order chi connectivity index (χ1) is 40.0. The largest absolute Gasteiger partial charge is 0.462 e. The molecule has 0 aromatic heterocycles. The summed E-state index contributed by atoms with van der Waals surface area (Å²) in [7, 11) is 0. The Labute approximate surface area is 503 Å². The Hall–Kier alpha value is -3.15. The highest BCUT2D eigenvalue weighted by molar-refractivity contribution is 5.71. The average molecular weight is 1130 g/mol. The van der Waals surface area contributed by atoms with Crippen LogP contribution < -0.4 is 0 Å². The molecule has 0 aliphatic carbocycles. The molecule has 0 saturated heterocycles. The normalized spacial score (nSPS) is 12.5. The third-order valence-corrected chi connectivity index (χ3v) is 15.7. The minimum atomic E-state index is -0.784. The lowest BCUT2D eigenvalue weighted by atomic mass is 10.0. The van der Waals surface area contributed by atoms with Crippen LogP contribution in [0.15, 0.2) is 72.9 Å². The van der Waals surface area contributed by atoms with Crippen molar-refractivity contribution in [2.75, 3.05) is 13.2 Å². The van der Waals surface area contributed by atoms with Crippen LogP contribution in [-0.2, 0) is 28.6 Å². The van der Waals surface area contributed by atoms with Crippen LogP contribution >= 0.6 is 0 Å². The number of carbonyl (C=O) groups is 3.